The SMILES string of the molecule is Cc1cccc(C(N)/C2=C/CCCCCC2)n1. The van der Waals surface area contributed by atoms with Crippen molar-refractivity contribution in [3.8, 4) is 0 Å². The molecule has 0 saturated carbocycles. The molecule has 0 radical (unpaired) electrons. The van der Waals surface area contributed by atoms with Crippen LogP contribution in [0.3, 0.4) is 0 Å². The van der Waals surface area contributed by atoms with Crippen molar-refractivity contribution in [2.75, 3.05) is 0 Å². The van der Waals surface area contributed by atoms with E-state index >= 15 is 0 Å². The first-order valence-corrected chi connectivity index (χ1v) is 6.65. The van der Waals surface area contributed by atoms with E-state index in [0.29, 0.717) is 0 Å². The lowest BCUT2D eigenvalue weighted by atomic mass is 9.93. The summed E-state index contributed by atoms with van der Waals surface area (Å²) in [6.45, 7) is 2.02. The van der Waals surface area contributed by atoms with Crippen LogP contribution in [0.2, 0.25) is 0 Å². The molecule has 0 amide bonds. The lowest BCUT2D eigenvalue weighted by Crippen LogP contribution is -2.16. The van der Waals surface area contributed by atoms with Gasteiger partial charge in [0.1, 0.15) is 0 Å². The quantitative estimate of drug-likeness (QED) is 0.787. The summed E-state index contributed by atoms with van der Waals surface area (Å²) in [5.41, 5.74) is 9.76. The lowest BCUT2D eigenvalue weighted by Gasteiger charge is -2.18. The Kier molecular flexibility index (Phi) is 4.32. The van der Waals surface area contributed by atoms with E-state index in [9.17, 15) is 0 Å². The summed E-state index contributed by atoms with van der Waals surface area (Å²) in [4.78, 5) is 4.54. The molecule has 17 heavy (non-hydrogen) atoms. The molecule has 0 aliphatic heterocycles. The molecule has 0 spiro atoms. The Labute approximate surface area is 104 Å². The molecule has 2 rings (SSSR count). The second-order valence-corrected chi connectivity index (χ2v) is 4.91. The average Bonchev–Trinajstić information content (AvgIpc) is 2.28. The number of rotatable bonds is 2. The van der Waals surface area contributed by atoms with Crippen molar-refractivity contribution < 1.29 is 0 Å². The highest BCUT2D eigenvalue weighted by molar-refractivity contribution is 5.23. The molecule has 2 heteroatoms. The second-order valence-electron chi connectivity index (χ2n) is 4.91. The fourth-order valence-electron chi connectivity index (χ4n) is 2.43. The van der Waals surface area contributed by atoms with Crippen LogP contribution in [0.1, 0.15) is 56.0 Å². The maximum absolute atomic E-state index is 6.33. The minimum atomic E-state index is -0.00648. The predicted octanol–water partition coefficient (Wildman–Crippen LogP) is 3.67. The van der Waals surface area contributed by atoms with E-state index in [1.54, 1.807) is 0 Å². The Morgan fingerprint density at radius 2 is 2.00 bits per heavy atom. The molecule has 1 atom stereocenters. The van der Waals surface area contributed by atoms with E-state index in [2.05, 4.69) is 11.1 Å². The fourth-order valence-corrected chi connectivity index (χ4v) is 2.43. The molecule has 92 valence electrons. The van der Waals surface area contributed by atoms with Crippen molar-refractivity contribution in [1.82, 2.24) is 4.98 Å². The van der Waals surface area contributed by atoms with Gasteiger partial charge in [-0.1, -0.05) is 30.6 Å². The van der Waals surface area contributed by atoms with Crippen LogP contribution in [0, 0.1) is 6.92 Å². The number of hydrogen-bond acceptors (Lipinski definition) is 2. The summed E-state index contributed by atoms with van der Waals surface area (Å²) in [7, 11) is 0. The molecule has 1 aromatic rings. The molecule has 0 fully saturated rings. The van der Waals surface area contributed by atoms with Gasteiger partial charge in [0.25, 0.3) is 0 Å². The third-order valence-electron chi connectivity index (χ3n) is 3.45. The predicted molar refractivity (Wildman–Crippen MR) is 71.7 cm³/mol. The number of nitrogens with two attached hydrogens (primary N) is 1. The average molecular weight is 230 g/mol. The smallest absolute Gasteiger partial charge is 0.0685 e. The highest BCUT2D eigenvalue weighted by atomic mass is 14.8. The third kappa shape index (κ3) is 3.40. The summed E-state index contributed by atoms with van der Waals surface area (Å²) in [6.07, 6.45) is 9.93. The van der Waals surface area contributed by atoms with Crippen LogP contribution < -0.4 is 5.73 Å². The van der Waals surface area contributed by atoms with Crippen LogP contribution >= 0.6 is 0 Å². The van der Waals surface area contributed by atoms with Crippen LogP contribution in [-0.4, -0.2) is 4.98 Å². The Balaban J connectivity index is 2.14. The zero-order valence-electron chi connectivity index (χ0n) is 10.7. The van der Waals surface area contributed by atoms with E-state index < -0.39 is 0 Å². The fraction of sp³-hybridized carbons (Fsp3) is 0.533. The molecule has 0 aromatic carbocycles. The summed E-state index contributed by atoms with van der Waals surface area (Å²) in [6, 6.07) is 6.09. The zero-order valence-corrected chi connectivity index (χ0v) is 10.7. The molecular weight excluding hydrogens is 208 g/mol. The topological polar surface area (TPSA) is 38.9 Å². The Morgan fingerprint density at radius 1 is 1.18 bits per heavy atom. The Bertz CT molecular complexity index is 396. The van der Waals surface area contributed by atoms with Crippen LogP contribution in [0.5, 0.6) is 0 Å². The van der Waals surface area contributed by atoms with E-state index in [1.807, 2.05) is 25.1 Å². The number of allylic oxidation sites excluding steroid dienone is 1. The Hall–Kier alpha value is -1.15. The van der Waals surface area contributed by atoms with Crippen LogP contribution in [0.4, 0.5) is 0 Å². The zero-order chi connectivity index (χ0) is 12.1. The van der Waals surface area contributed by atoms with Crippen molar-refractivity contribution in [2.24, 2.45) is 5.73 Å². The summed E-state index contributed by atoms with van der Waals surface area (Å²) >= 11 is 0. The molecule has 1 aliphatic carbocycles. The molecule has 0 bridgehead atoms. The first-order chi connectivity index (χ1) is 8.27. The maximum Gasteiger partial charge on any atom is 0.0685 e. The first-order valence-electron chi connectivity index (χ1n) is 6.65. The van der Waals surface area contributed by atoms with E-state index in [0.717, 1.165) is 17.8 Å². The van der Waals surface area contributed by atoms with E-state index in [4.69, 9.17) is 5.73 Å². The Morgan fingerprint density at radius 3 is 2.82 bits per heavy atom. The number of hydrogen-bond donors (Lipinski definition) is 1. The molecule has 1 unspecified atom stereocenters. The second kappa shape index (κ2) is 5.97. The van der Waals surface area contributed by atoms with Gasteiger partial charge in [0, 0.05) is 5.69 Å². The van der Waals surface area contributed by atoms with E-state index in [-0.39, 0.29) is 6.04 Å². The monoisotopic (exact) mass is 230 g/mol. The van der Waals surface area contributed by atoms with Crippen molar-refractivity contribution in [3.63, 3.8) is 0 Å². The minimum Gasteiger partial charge on any atom is -0.319 e. The van der Waals surface area contributed by atoms with Crippen LogP contribution in [0.15, 0.2) is 29.8 Å². The van der Waals surface area contributed by atoms with Crippen molar-refractivity contribution in [3.05, 3.63) is 41.2 Å². The van der Waals surface area contributed by atoms with Gasteiger partial charge < -0.3 is 5.73 Å². The molecular formula is C15H22N2. The minimum absolute atomic E-state index is 0.00648. The van der Waals surface area contributed by atoms with Gasteiger partial charge in [-0.25, -0.2) is 0 Å². The van der Waals surface area contributed by atoms with Gasteiger partial charge in [-0.15, -0.1) is 0 Å². The normalized spacial score (nSPS) is 22.1. The number of pyridine rings is 1. The summed E-state index contributed by atoms with van der Waals surface area (Å²) < 4.78 is 0. The molecule has 1 aliphatic rings. The molecule has 1 heterocycles. The van der Waals surface area contributed by atoms with E-state index in [1.165, 1.54) is 37.7 Å². The highest BCUT2D eigenvalue weighted by Crippen LogP contribution is 2.26. The lowest BCUT2D eigenvalue weighted by molar-refractivity contribution is 0.599. The molecule has 0 saturated heterocycles. The van der Waals surface area contributed by atoms with Gasteiger partial charge in [-0.2, -0.15) is 0 Å². The van der Waals surface area contributed by atoms with Gasteiger partial charge in [-0.3, -0.25) is 4.98 Å². The maximum atomic E-state index is 6.33. The largest absolute Gasteiger partial charge is 0.319 e. The van der Waals surface area contributed by atoms with Gasteiger partial charge in [0.05, 0.1) is 11.7 Å². The first kappa shape index (κ1) is 12.3. The van der Waals surface area contributed by atoms with Gasteiger partial charge >= 0.3 is 0 Å². The molecule has 2 nitrogen and oxygen atoms in total. The van der Waals surface area contributed by atoms with Crippen LogP contribution in [0.25, 0.3) is 0 Å². The van der Waals surface area contributed by atoms with Gasteiger partial charge in [0.2, 0.25) is 0 Å². The van der Waals surface area contributed by atoms with Crippen molar-refractivity contribution in [2.45, 2.75) is 51.5 Å². The van der Waals surface area contributed by atoms with Crippen molar-refractivity contribution >= 4 is 0 Å². The van der Waals surface area contributed by atoms with Crippen molar-refractivity contribution in [1.29, 1.82) is 0 Å². The van der Waals surface area contributed by atoms with Gasteiger partial charge in [-0.05, 0) is 44.7 Å². The third-order valence-corrected chi connectivity index (χ3v) is 3.45. The van der Waals surface area contributed by atoms with Crippen LogP contribution in [-0.2, 0) is 0 Å². The highest BCUT2D eigenvalue weighted by Gasteiger charge is 2.13. The number of aromatic nitrogens is 1. The molecule has 1 aromatic heterocycles. The number of aryl methyl sites for hydroxylation is 1. The summed E-state index contributed by atoms with van der Waals surface area (Å²) in [5, 5.41) is 0. The summed E-state index contributed by atoms with van der Waals surface area (Å²) in [5.74, 6) is 0. The number of nitrogens with zero attached hydrogens (tertiary/aromatic N) is 1. The standard InChI is InChI=1S/C15H22N2/c1-12-8-7-11-14(17-12)15(16)13-9-5-3-2-4-6-10-13/h7-9,11,15H,2-6,10,16H2,1H3/b13-9+. The molecule has 2 N–H and O–H groups in total. The van der Waals surface area contributed by atoms with Gasteiger partial charge in [0.15, 0.2) is 0 Å².